The van der Waals surface area contributed by atoms with Crippen molar-refractivity contribution in [2.24, 2.45) is 5.10 Å². The fraction of sp³-hybridized carbons (Fsp3) is 0.176. The van der Waals surface area contributed by atoms with Crippen LogP contribution in [0, 0.1) is 0 Å². The zero-order chi connectivity index (χ0) is 16.8. The van der Waals surface area contributed by atoms with Gasteiger partial charge >= 0.3 is 0 Å². The number of ether oxygens (including phenoxy) is 2. The van der Waals surface area contributed by atoms with Gasteiger partial charge in [0.25, 0.3) is 0 Å². The Labute approximate surface area is 134 Å². The number of carboxylic acid groups (broad SMARTS) is 1. The number of nitrogens with zero attached hydrogens (tertiary/aromatic N) is 1. The Morgan fingerprint density at radius 2 is 1.61 bits per heavy atom. The summed E-state index contributed by atoms with van der Waals surface area (Å²) < 4.78 is 10.5. The van der Waals surface area contributed by atoms with Gasteiger partial charge in [0, 0.05) is 5.56 Å². The van der Waals surface area contributed by atoms with Gasteiger partial charge in [0.05, 0.1) is 31.6 Å². The molecule has 2 aromatic rings. The fourth-order valence-corrected chi connectivity index (χ4v) is 1.96. The second-order valence-electron chi connectivity index (χ2n) is 4.74. The van der Waals surface area contributed by atoms with Gasteiger partial charge in [-0.15, -0.1) is 0 Å². The Balaban J connectivity index is 2.14. The molecule has 0 aliphatic heterocycles. The van der Waals surface area contributed by atoms with Crippen LogP contribution in [0.3, 0.4) is 0 Å². The Bertz CT molecular complexity index is 724. The van der Waals surface area contributed by atoms with E-state index in [2.05, 4.69) is 10.5 Å². The molecule has 0 amide bonds. The number of hydrazone groups is 1. The normalized spacial score (nSPS) is 11.0. The van der Waals surface area contributed by atoms with Gasteiger partial charge in [0.2, 0.25) is 0 Å². The molecule has 0 atom stereocenters. The maximum absolute atomic E-state index is 10.7. The number of methoxy groups -OCH3 is 2. The standard InChI is InChI=1S/C17H18N2O4/c1-11(13-6-9-15(22-2)16(10-13)23-3)18-19-14-7-4-12(5-8-14)17(20)21/h4-10,19H,1-3H3,(H,20,21)/p-1/b18-11-. The van der Waals surface area contributed by atoms with Crippen LogP contribution in [0.2, 0.25) is 0 Å². The molecule has 23 heavy (non-hydrogen) atoms. The highest BCUT2D eigenvalue weighted by atomic mass is 16.5. The Kier molecular flexibility index (Phi) is 5.19. The summed E-state index contributed by atoms with van der Waals surface area (Å²) in [6, 6.07) is 11.7. The number of carbonyl (C=O) groups is 1. The molecule has 0 fully saturated rings. The van der Waals surface area contributed by atoms with Crippen LogP contribution < -0.4 is 20.0 Å². The highest BCUT2D eigenvalue weighted by Crippen LogP contribution is 2.27. The minimum Gasteiger partial charge on any atom is -0.545 e. The van der Waals surface area contributed by atoms with Gasteiger partial charge in [0.15, 0.2) is 11.5 Å². The van der Waals surface area contributed by atoms with E-state index in [1.165, 1.54) is 12.1 Å². The molecule has 0 saturated heterocycles. The van der Waals surface area contributed by atoms with Crippen molar-refractivity contribution in [1.82, 2.24) is 0 Å². The molecule has 0 aromatic heterocycles. The van der Waals surface area contributed by atoms with E-state index in [4.69, 9.17) is 9.47 Å². The van der Waals surface area contributed by atoms with Crippen molar-refractivity contribution in [3.63, 3.8) is 0 Å². The summed E-state index contributed by atoms with van der Waals surface area (Å²) >= 11 is 0. The second-order valence-corrected chi connectivity index (χ2v) is 4.74. The quantitative estimate of drug-likeness (QED) is 0.650. The lowest BCUT2D eigenvalue weighted by atomic mass is 10.1. The smallest absolute Gasteiger partial charge is 0.161 e. The van der Waals surface area contributed by atoms with E-state index in [1.54, 1.807) is 26.4 Å². The predicted octanol–water partition coefficient (Wildman–Crippen LogP) is 1.90. The van der Waals surface area contributed by atoms with E-state index in [9.17, 15) is 9.90 Å². The Morgan fingerprint density at radius 1 is 1.00 bits per heavy atom. The molecule has 6 heteroatoms. The molecular weight excluding hydrogens is 296 g/mol. The molecule has 6 nitrogen and oxygen atoms in total. The van der Waals surface area contributed by atoms with Crippen molar-refractivity contribution in [2.75, 3.05) is 19.6 Å². The lowest BCUT2D eigenvalue weighted by Gasteiger charge is -2.10. The SMILES string of the molecule is COc1ccc(/C(C)=N\Nc2ccc(C(=O)[O-])cc2)cc1OC. The average molecular weight is 313 g/mol. The van der Waals surface area contributed by atoms with Gasteiger partial charge in [-0.05, 0) is 42.8 Å². The van der Waals surface area contributed by atoms with Crippen molar-refractivity contribution in [1.29, 1.82) is 0 Å². The fourth-order valence-electron chi connectivity index (χ4n) is 1.96. The molecular formula is C17H17N2O4-. The minimum atomic E-state index is -1.21. The molecule has 120 valence electrons. The summed E-state index contributed by atoms with van der Waals surface area (Å²) in [7, 11) is 3.15. The number of carboxylic acids is 1. The summed E-state index contributed by atoms with van der Waals surface area (Å²) in [6.45, 7) is 1.85. The van der Waals surface area contributed by atoms with Crippen molar-refractivity contribution < 1.29 is 19.4 Å². The molecule has 0 radical (unpaired) electrons. The van der Waals surface area contributed by atoms with Crippen LogP contribution in [-0.2, 0) is 0 Å². The first kappa shape index (κ1) is 16.4. The minimum absolute atomic E-state index is 0.121. The molecule has 2 aromatic carbocycles. The monoisotopic (exact) mass is 313 g/mol. The number of hydrogen-bond donors (Lipinski definition) is 1. The molecule has 0 heterocycles. The second kappa shape index (κ2) is 7.31. The topological polar surface area (TPSA) is 83.0 Å². The number of rotatable bonds is 6. The van der Waals surface area contributed by atoms with E-state index in [0.717, 1.165) is 11.3 Å². The third-order valence-electron chi connectivity index (χ3n) is 3.27. The average Bonchev–Trinajstić information content (AvgIpc) is 2.59. The highest BCUT2D eigenvalue weighted by molar-refractivity contribution is 5.99. The van der Waals surface area contributed by atoms with Crippen molar-refractivity contribution >= 4 is 17.4 Å². The summed E-state index contributed by atoms with van der Waals surface area (Å²) in [5.74, 6) is 0.0642. The number of anilines is 1. The maximum atomic E-state index is 10.7. The van der Waals surface area contributed by atoms with Crippen LogP contribution in [0.15, 0.2) is 47.6 Å². The zero-order valence-electron chi connectivity index (χ0n) is 13.1. The number of nitrogens with one attached hydrogen (secondary N) is 1. The van der Waals surface area contributed by atoms with Gasteiger partial charge in [-0.2, -0.15) is 5.10 Å². The van der Waals surface area contributed by atoms with Gasteiger partial charge < -0.3 is 19.4 Å². The highest BCUT2D eigenvalue weighted by Gasteiger charge is 2.06. The van der Waals surface area contributed by atoms with E-state index in [-0.39, 0.29) is 5.56 Å². The Hall–Kier alpha value is -3.02. The molecule has 0 aliphatic rings. The van der Waals surface area contributed by atoms with E-state index >= 15 is 0 Å². The third-order valence-corrected chi connectivity index (χ3v) is 3.27. The first-order valence-electron chi connectivity index (χ1n) is 6.89. The molecule has 0 spiro atoms. The summed E-state index contributed by atoms with van der Waals surface area (Å²) in [6.07, 6.45) is 0. The lowest BCUT2D eigenvalue weighted by molar-refractivity contribution is -0.255. The van der Waals surface area contributed by atoms with Crippen LogP contribution in [0.25, 0.3) is 0 Å². The maximum Gasteiger partial charge on any atom is 0.161 e. The van der Waals surface area contributed by atoms with E-state index in [1.807, 2.05) is 25.1 Å². The lowest BCUT2D eigenvalue weighted by Crippen LogP contribution is -2.21. The van der Waals surface area contributed by atoms with E-state index < -0.39 is 5.97 Å². The number of aromatic carboxylic acids is 1. The molecule has 0 saturated carbocycles. The van der Waals surface area contributed by atoms with Gasteiger partial charge in [0.1, 0.15) is 0 Å². The van der Waals surface area contributed by atoms with Crippen molar-refractivity contribution in [3.05, 3.63) is 53.6 Å². The van der Waals surface area contributed by atoms with Crippen molar-refractivity contribution in [2.45, 2.75) is 6.92 Å². The van der Waals surface area contributed by atoms with Crippen molar-refractivity contribution in [3.8, 4) is 11.5 Å². The zero-order valence-corrected chi connectivity index (χ0v) is 13.1. The van der Waals surface area contributed by atoms with Crippen LogP contribution in [0.1, 0.15) is 22.8 Å². The van der Waals surface area contributed by atoms with E-state index in [0.29, 0.717) is 17.2 Å². The first-order chi connectivity index (χ1) is 11.0. The van der Waals surface area contributed by atoms with Crippen LogP contribution >= 0.6 is 0 Å². The molecule has 0 unspecified atom stereocenters. The first-order valence-corrected chi connectivity index (χ1v) is 6.89. The summed E-state index contributed by atoms with van der Waals surface area (Å²) in [5, 5.41) is 15.0. The molecule has 1 N–H and O–H groups in total. The number of hydrogen-bond acceptors (Lipinski definition) is 6. The number of benzene rings is 2. The summed E-state index contributed by atoms with van der Waals surface area (Å²) in [5.41, 5.74) is 5.30. The van der Waals surface area contributed by atoms with Gasteiger partial charge in [-0.25, -0.2) is 0 Å². The third kappa shape index (κ3) is 4.00. The molecule has 0 aliphatic carbocycles. The number of carbonyl (C=O) groups excluding carboxylic acids is 1. The van der Waals surface area contributed by atoms with Crippen LogP contribution in [-0.4, -0.2) is 25.9 Å². The van der Waals surface area contributed by atoms with Crippen LogP contribution in [0.5, 0.6) is 11.5 Å². The Morgan fingerprint density at radius 3 is 2.17 bits per heavy atom. The van der Waals surface area contributed by atoms with Gasteiger partial charge in [-0.1, -0.05) is 12.1 Å². The summed E-state index contributed by atoms with van der Waals surface area (Å²) in [4.78, 5) is 10.7. The molecule has 2 rings (SSSR count). The van der Waals surface area contributed by atoms with Crippen LogP contribution in [0.4, 0.5) is 5.69 Å². The van der Waals surface area contributed by atoms with Gasteiger partial charge in [-0.3, -0.25) is 5.43 Å². The predicted molar refractivity (Wildman–Crippen MR) is 86.2 cm³/mol. The molecule has 0 bridgehead atoms. The largest absolute Gasteiger partial charge is 0.545 e.